The lowest BCUT2D eigenvalue weighted by Gasteiger charge is -1.99. The molecule has 0 atom stereocenters. The molecule has 0 fully saturated rings. The van der Waals surface area contributed by atoms with Gasteiger partial charge in [-0.25, -0.2) is 0 Å². The molecule has 1 heteroatoms. The molecule has 0 aliphatic heterocycles. The highest BCUT2D eigenvalue weighted by molar-refractivity contribution is 6.30. The van der Waals surface area contributed by atoms with Crippen LogP contribution in [0.2, 0.25) is 5.02 Å². The van der Waals surface area contributed by atoms with Gasteiger partial charge in [0, 0.05) is 5.02 Å². The molecule has 0 saturated carbocycles. The van der Waals surface area contributed by atoms with Gasteiger partial charge in [-0.1, -0.05) is 29.8 Å². The molecule has 1 aromatic rings. The highest BCUT2D eigenvalue weighted by Gasteiger charge is 1.93. The molecule has 0 aliphatic carbocycles. The molecule has 0 nitrogen and oxygen atoms in total. The summed E-state index contributed by atoms with van der Waals surface area (Å²) >= 11 is 5.80. The smallest absolute Gasteiger partial charge is 0.0412 e. The third-order valence-electron chi connectivity index (χ3n) is 1.59. The highest BCUT2D eigenvalue weighted by Crippen LogP contribution is 2.17. The molecule has 1 aromatic carbocycles. The molecular formula is C10H10Cl. The maximum Gasteiger partial charge on any atom is 0.0412 e. The topological polar surface area (TPSA) is 0 Å². The van der Waals surface area contributed by atoms with Gasteiger partial charge in [-0.05, 0) is 37.1 Å². The lowest BCUT2D eigenvalue weighted by Crippen LogP contribution is -1.77. The minimum absolute atomic E-state index is 0.767. The second-order valence-electron chi connectivity index (χ2n) is 2.40. The Kier molecular flexibility index (Phi) is 2.72. The standard InChI is InChI=1S/C10H10Cl/c1-3-8(2)9-5-4-6-10(11)7-9/h3-7H,1H2,2H3/b8-3-. The van der Waals surface area contributed by atoms with E-state index in [-0.39, 0.29) is 0 Å². The molecule has 1 rings (SSSR count). The Morgan fingerprint density at radius 1 is 1.55 bits per heavy atom. The Hall–Kier alpha value is -0.750. The molecule has 1 radical (unpaired) electrons. The van der Waals surface area contributed by atoms with E-state index in [1.165, 1.54) is 0 Å². The van der Waals surface area contributed by atoms with E-state index in [1.807, 2.05) is 37.3 Å². The molecule has 57 valence electrons. The first-order valence-corrected chi connectivity index (χ1v) is 3.84. The van der Waals surface area contributed by atoms with Crippen molar-refractivity contribution in [2.75, 3.05) is 0 Å². The molecule has 0 bridgehead atoms. The Morgan fingerprint density at radius 2 is 2.27 bits per heavy atom. The number of halogens is 1. The Morgan fingerprint density at radius 3 is 2.82 bits per heavy atom. The summed E-state index contributed by atoms with van der Waals surface area (Å²) in [5.74, 6) is 0. The third-order valence-corrected chi connectivity index (χ3v) is 1.82. The minimum atomic E-state index is 0.767. The number of benzene rings is 1. The maximum absolute atomic E-state index is 5.80. The molecule has 0 spiro atoms. The summed E-state index contributed by atoms with van der Waals surface area (Å²) in [6, 6.07) is 7.74. The zero-order valence-electron chi connectivity index (χ0n) is 6.47. The van der Waals surface area contributed by atoms with Crippen molar-refractivity contribution in [1.82, 2.24) is 0 Å². The van der Waals surface area contributed by atoms with E-state index < -0.39 is 0 Å². The summed E-state index contributed by atoms with van der Waals surface area (Å²) in [5.41, 5.74) is 2.28. The summed E-state index contributed by atoms with van der Waals surface area (Å²) < 4.78 is 0. The molecule has 0 aliphatic rings. The van der Waals surface area contributed by atoms with Crippen LogP contribution in [-0.4, -0.2) is 0 Å². The van der Waals surface area contributed by atoms with Crippen LogP contribution in [-0.2, 0) is 0 Å². The average Bonchev–Trinajstić information content (AvgIpc) is 2.03. The predicted molar refractivity (Wildman–Crippen MR) is 50.5 cm³/mol. The van der Waals surface area contributed by atoms with Crippen LogP contribution in [0.15, 0.2) is 30.3 Å². The fourth-order valence-electron chi connectivity index (χ4n) is 0.852. The number of rotatable bonds is 1. The molecule has 0 heterocycles. The van der Waals surface area contributed by atoms with Crippen molar-refractivity contribution in [3.05, 3.63) is 47.9 Å². The Bertz CT molecular complexity index is 274. The van der Waals surface area contributed by atoms with Gasteiger partial charge >= 0.3 is 0 Å². The fraction of sp³-hybridized carbons (Fsp3) is 0.100. The fourth-order valence-corrected chi connectivity index (χ4v) is 1.04. The monoisotopic (exact) mass is 165 g/mol. The van der Waals surface area contributed by atoms with Gasteiger partial charge in [0.1, 0.15) is 0 Å². The van der Waals surface area contributed by atoms with Crippen LogP contribution in [0, 0.1) is 6.92 Å². The van der Waals surface area contributed by atoms with Gasteiger partial charge in [0.15, 0.2) is 0 Å². The van der Waals surface area contributed by atoms with Gasteiger partial charge in [0.05, 0.1) is 0 Å². The second-order valence-corrected chi connectivity index (χ2v) is 2.83. The van der Waals surface area contributed by atoms with E-state index in [4.69, 9.17) is 11.6 Å². The molecule has 0 saturated heterocycles. The van der Waals surface area contributed by atoms with Crippen LogP contribution in [0.25, 0.3) is 5.57 Å². The molecule has 0 N–H and O–H groups in total. The van der Waals surface area contributed by atoms with Crippen LogP contribution in [0.5, 0.6) is 0 Å². The van der Waals surface area contributed by atoms with Gasteiger partial charge < -0.3 is 0 Å². The van der Waals surface area contributed by atoms with Crippen molar-refractivity contribution in [3.63, 3.8) is 0 Å². The van der Waals surface area contributed by atoms with Crippen molar-refractivity contribution >= 4 is 17.2 Å². The van der Waals surface area contributed by atoms with Gasteiger partial charge in [-0.3, -0.25) is 0 Å². The van der Waals surface area contributed by atoms with Crippen LogP contribution in [0.1, 0.15) is 12.5 Å². The van der Waals surface area contributed by atoms with Crippen LogP contribution in [0.3, 0.4) is 0 Å². The Balaban J connectivity index is 3.06. The first-order valence-electron chi connectivity index (χ1n) is 3.46. The van der Waals surface area contributed by atoms with Gasteiger partial charge in [0.2, 0.25) is 0 Å². The largest absolute Gasteiger partial charge is 0.0843 e. The number of allylic oxidation sites excluding steroid dienone is 2. The lowest BCUT2D eigenvalue weighted by molar-refractivity contribution is 1.57. The molecule has 0 aromatic heterocycles. The van der Waals surface area contributed by atoms with E-state index in [9.17, 15) is 0 Å². The molecule has 0 amide bonds. The first kappa shape index (κ1) is 8.35. The number of hydrogen-bond acceptors (Lipinski definition) is 0. The minimum Gasteiger partial charge on any atom is -0.0843 e. The van der Waals surface area contributed by atoms with Crippen molar-refractivity contribution in [1.29, 1.82) is 0 Å². The Labute approximate surface area is 72.5 Å². The van der Waals surface area contributed by atoms with E-state index in [0.717, 1.165) is 16.2 Å². The SMILES string of the molecule is [CH2]/C=C(/C)c1cccc(Cl)c1. The summed E-state index contributed by atoms with van der Waals surface area (Å²) in [6.07, 6.45) is 1.83. The summed E-state index contributed by atoms with van der Waals surface area (Å²) in [4.78, 5) is 0. The van der Waals surface area contributed by atoms with Gasteiger partial charge in [-0.15, -0.1) is 0 Å². The van der Waals surface area contributed by atoms with Crippen molar-refractivity contribution < 1.29 is 0 Å². The first-order chi connectivity index (χ1) is 5.24. The zero-order chi connectivity index (χ0) is 8.27. The van der Waals surface area contributed by atoms with E-state index in [0.29, 0.717) is 0 Å². The average molecular weight is 166 g/mol. The quantitative estimate of drug-likeness (QED) is 0.597. The van der Waals surface area contributed by atoms with Crippen LogP contribution >= 0.6 is 11.6 Å². The van der Waals surface area contributed by atoms with Gasteiger partial charge in [-0.2, -0.15) is 0 Å². The molecule has 0 unspecified atom stereocenters. The predicted octanol–water partition coefficient (Wildman–Crippen LogP) is 3.58. The maximum atomic E-state index is 5.80. The van der Waals surface area contributed by atoms with Gasteiger partial charge in [0.25, 0.3) is 0 Å². The van der Waals surface area contributed by atoms with Crippen molar-refractivity contribution in [2.45, 2.75) is 6.92 Å². The summed E-state index contributed by atoms with van der Waals surface area (Å²) in [7, 11) is 0. The summed E-state index contributed by atoms with van der Waals surface area (Å²) in [5, 5.41) is 0.767. The second kappa shape index (κ2) is 3.59. The highest BCUT2D eigenvalue weighted by atomic mass is 35.5. The lowest BCUT2D eigenvalue weighted by atomic mass is 10.1. The van der Waals surface area contributed by atoms with E-state index in [2.05, 4.69) is 6.92 Å². The normalized spacial score (nSPS) is 11.7. The molecule has 11 heavy (non-hydrogen) atoms. The van der Waals surface area contributed by atoms with Crippen molar-refractivity contribution in [3.8, 4) is 0 Å². The number of hydrogen-bond donors (Lipinski definition) is 0. The van der Waals surface area contributed by atoms with Crippen LogP contribution in [0.4, 0.5) is 0 Å². The molecular weight excluding hydrogens is 156 g/mol. The summed E-state index contributed by atoms with van der Waals surface area (Å²) in [6.45, 7) is 5.70. The third kappa shape index (κ3) is 2.09. The van der Waals surface area contributed by atoms with E-state index in [1.54, 1.807) is 0 Å². The van der Waals surface area contributed by atoms with E-state index >= 15 is 0 Å². The van der Waals surface area contributed by atoms with Crippen molar-refractivity contribution in [2.24, 2.45) is 0 Å². The van der Waals surface area contributed by atoms with Crippen LogP contribution < -0.4 is 0 Å². The zero-order valence-corrected chi connectivity index (χ0v) is 7.23.